The number of nitro benzene ring substituents is 1. The molecule has 0 saturated heterocycles. The first-order chi connectivity index (χ1) is 9.66. The number of fused-ring (bicyclic) bond motifs is 1. The number of carbonyl (C=O) groups is 1. The molecule has 0 saturated carbocycles. The van der Waals surface area contributed by atoms with Crippen LogP contribution in [-0.4, -0.2) is 17.5 Å². The van der Waals surface area contributed by atoms with Crippen molar-refractivity contribution in [2.75, 3.05) is 6.79 Å². The summed E-state index contributed by atoms with van der Waals surface area (Å²) in [6, 6.07) is 10.6. The van der Waals surface area contributed by atoms with E-state index in [0.29, 0.717) is 17.1 Å². The largest absolute Gasteiger partial charge is 0.454 e. The summed E-state index contributed by atoms with van der Waals surface area (Å²) in [7, 11) is 0. The highest BCUT2D eigenvalue weighted by molar-refractivity contribution is 6.11. The monoisotopic (exact) mass is 271 g/mol. The van der Waals surface area contributed by atoms with E-state index in [-0.39, 0.29) is 18.0 Å². The van der Waals surface area contributed by atoms with Gasteiger partial charge in [0.05, 0.1) is 4.92 Å². The molecule has 0 amide bonds. The standard InChI is InChI=1S/C14H9NO5/c16-14(10-3-1-2-4-11(10)15(17)18)9-5-6-12-13(7-9)20-8-19-12/h1-7H,8H2. The van der Waals surface area contributed by atoms with Crippen molar-refractivity contribution < 1.29 is 19.2 Å². The Morgan fingerprint density at radius 1 is 1.10 bits per heavy atom. The van der Waals surface area contributed by atoms with Gasteiger partial charge in [-0.05, 0) is 24.3 Å². The molecule has 0 fully saturated rings. The summed E-state index contributed by atoms with van der Waals surface area (Å²) in [6.07, 6.45) is 0. The summed E-state index contributed by atoms with van der Waals surface area (Å²) in [5.74, 6) is 0.606. The lowest BCUT2D eigenvalue weighted by Crippen LogP contribution is -2.05. The highest BCUT2D eigenvalue weighted by atomic mass is 16.7. The fraction of sp³-hybridized carbons (Fsp3) is 0.0714. The molecule has 20 heavy (non-hydrogen) atoms. The predicted molar refractivity (Wildman–Crippen MR) is 69.1 cm³/mol. The van der Waals surface area contributed by atoms with Crippen LogP contribution in [0.4, 0.5) is 5.69 Å². The fourth-order valence-electron chi connectivity index (χ4n) is 2.02. The van der Waals surface area contributed by atoms with E-state index in [1.807, 2.05) is 0 Å². The van der Waals surface area contributed by atoms with Crippen LogP contribution in [0.25, 0.3) is 0 Å². The van der Waals surface area contributed by atoms with Crippen LogP contribution in [0.5, 0.6) is 11.5 Å². The summed E-state index contributed by atoms with van der Waals surface area (Å²) < 4.78 is 10.4. The molecule has 0 unspecified atom stereocenters. The fourth-order valence-corrected chi connectivity index (χ4v) is 2.02. The normalized spacial score (nSPS) is 12.2. The maximum atomic E-state index is 12.4. The van der Waals surface area contributed by atoms with Crippen LogP contribution in [0.2, 0.25) is 0 Å². The first-order valence-corrected chi connectivity index (χ1v) is 5.84. The second kappa shape index (κ2) is 4.65. The van der Waals surface area contributed by atoms with E-state index in [0.717, 1.165) is 0 Å². The Balaban J connectivity index is 2.03. The van der Waals surface area contributed by atoms with Crippen LogP contribution in [0.15, 0.2) is 42.5 Å². The van der Waals surface area contributed by atoms with Crippen molar-refractivity contribution in [2.45, 2.75) is 0 Å². The number of hydrogen-bond donors (Lipinski definition) is 0. The molecule has 0 atom stereocenters. The molecule has 0 N–H and O–H groups in total. The van der Waals surface area contributed by atoms with Crippen LogP contribution in [0, 0.1) is 10.1 Å². The smallest absolute Gasteiger partial charge is 0.280 e. The molecular weight excluding hydrogens is 262 g/mol. The molecule has 0 radical (unpaired) electrons. The van der Waals surface area contributed by atoms with Gasteiger partial charge in [0.15, 0.2) is 17.3 Å². The highest BCUT2D eigenvalue weighted by Gasteiger charge is 2.22. The third-order valence-corrected chi connectivity index (χ3v) is 2.98. The van der Waals surface area contributed by atoms with Gasteiger partial charge in [0.1, 0.15) is 5.56 Å². The van der Waals surface area contributed by atoms with Crippen molar-refractivity contribution in [1.29, 1.82) is 0 Å². The highest BCUT2D eigenvalue weighted by Crippen LogP contribution is 2.33. The van der Waals surface area contributed by atoms with E-state index in [9.17, 15) is 14.9 Å². The Morgan fingerprint density at radius 2 is 1.85 bits per heavy atom. The lowest BCUT2D eigenvalue weighted by atomic mass is 10.0. The molecule has 2 aromatic rings. The van der Waals surface area contributed by atoms with E-state index >= 15 is 0 Å². The number of rotatable bonds is 3. The summed E-state index contributed by atoms with van der Waals surface area (Å²) in [4.78, 5) is 22.8. The minimum absolute atomic E-state index is 0.0522. The predicted octanol–water partition coefficient (Wildman–Crippen LogP) is 2.55. The number of nitro groups is 1. The summed E-state index contributed by atoms with van der Waals surface area (Å²) in [5, 5.41) is 11.0. The third-order valence-electron chi connectivity index (χ3n) is 2.98. The van der Waals surface area contributed by atoms with Crippen molar-refractivity contribution in [1.82, 2.24) is 0 Å². The Hall–Kier alpha value is -2.89. The number of nitrogens with zero attached hydrogens (tertiary/aromatic N) is 1. The number of benzene rings is 2. The van der Waals surface area contributed by atoms with Gasteiger partial charge >= 0.3 is 0 Å². The van der Waals surface area contributed by atoms with Gasteiger partial charge in [0.2, 0.25) is 6.79 Å². The Bertz CT molecular complexity index is 710. The Kier molecular flexibility index (Phi) is 2.83. The quantitative estimate of drug-likeness (QED) is 0.487. The molecular formula is C14H9NO5. The maximum absolute atomic E-state index is 12.4. The van der Waals surface area contributed by atoms with Crippen molar-refractivity contribution in [3.05, 3.63) is 63.7 Å². The van der Waals surface area contributed by atoms with Gasteiger partial charge in [-0.1, -0.05) is 12.1 Å². The van der Waals surface area contributed by atoms with Crippen molar-refractivity contribution in [2.24, 2.45) is 0 Å². The molecule has 6 heteroatoms. The van der Waals surface area contributed by atoms with Crippen LogP contribution in [0.3, 0.4) is 0 Å². The van der Waals surface area contributed by atoms with Gasteiger partial charge < -0.3 is 9.47 Å². The number of ketones is 1. The number of para-hydroxylation sites is 1. The van der Waals surface area contributed by atoms with Crippen LogP contribution in [-0.2, 0) is 0 Å². The third kappa shape index (κ3) is 1.97. The molecule has 1 heterocycles. The minimum Gasteiger partial charge on any atom is -0.454 e. The number of ether oxygens (including phenoxy) is 2. The van der Waals surface area contributed by atoms with E-state index in [1.165, 1.54) is 24.3 Å². The van der Waals surface area contributed by atoms with Gasteiger partial charge in [0.25, 0.3) is 5.69 Å². The molecule has 1 aliphatic heterocycles. The topological polar surface area (TPSA) is 78.7 Å². The average molecular weight is 271 g/mol. The summed E-state index contributed by atoms with van der Waals surface area (Å²) >= 11 is 0. The molecule has 2 aromatic carbocycles. The van der Waals surface area contributed by atoms with Crippen LogP contribution < -0.4 is 9.47 Å². The Labute approximate surface area is 113 Å². The van der Waals surface area contributed by atoms with Crippen molar-refractivity contribution in [3.8, 4) is 11.5 Å². The van der Waals surface area contributed by atoms with Gasteiger partial charge in [-0.15, -0.1) is 0 Å². The summed E-state index contributed by atoms with van der Waals surface area (Å²) in [5.41, 5.74) is 0.162. The molecule has 0 aliphatic carbocycles. The zero-order valence-electron chi connectivity index (χ0n) is 10.2. The van der Waals surface area contributed by atoms with E-state index in [4.69, 9.17) is 9.47 Å². The maximum Gasteiger partial charge on any atom is 0.280 e. The minimum atomic E-state index is -0.569. The van der Waals surface area contributed by atoms with E-state index in [2.05, 4.69) is 0 Å². The van der Waals surface area contributed by atoms with Crippen LogP contribution >= 0.6 is 0 Å². The SMILES string of the molecule is O=C(c1ccc2c(c1)OCO2)c1ccccc1[N+](=O)[O-]. The zero-order valence-corrected chi connectivity index (χ0v) is 10.2. The van der Waals surface area contributed by atoms with Gasteiger partial charge in [-0.25, -0.2) is 0 Å². The van der Waals surface area contributed by atoms with Gasteiger partial charge in [0, 0.05) is 11.6 Å². The molecule has 100 valence electrons. The van der Waals surface area contributed by atoms with E-state index < -0.39 is 10.7 Å². The van der Waals surface area contributed by atoms with Crippen LogP contribution in [0.1, 0.15) is 15.9 Å². The lowest BCUT2D eigenvalue weighted by Gasteiger charge is -2.03. The molecule has 1 aliphatic rings. The summed E-state index contributed by atoms with van der Waals surface area (Å²) in [6.45, 7) is 0.110. The molecule has 0 aromatic heterocycles. The first kappa shape index (κ1) is 12.2. The molecule has 3 rings (SSSR count). The lowest BCUT2D eigenvalue weighted by molar-refractivity contribution is -0.385. The number of carbonyl (C=O) groups excluding carboxylic acids is 1. The van der Waals surface area contributed by atoms with E-state index in [1.54, 1.807) is 18.2 Å². The molecule has 6 nitrogen and oxygen atoms in total. The van der Waals surface area contributed by atoms with Gasteiger partial charge in [-0.2, -0.15) is 0 Å². The second-order valence-corrected chi connectivity index (χ2v) is 4.17. The van der Waals surface area contributed by atoms with Crippen molar-refractivity contribution in [3.63, 3.8) is 0 Å². The zero-order chi connectivity index (χ0) is 14.1. The second-order valence-electron chi connectivity index (χ2n) is 4.17. The van der Waals surface area contributed by atoms with Gasteiger partial charge in [-0.3, -0.25) is 14.9 Å². The number of hydrogen-bond acceptors (Lipinski definition) is 5. The first-order valence-electron chi connectivity index (χ1n) is 5.84. The molecule has 0 bridgehead atoms. The Morgan fingerprint density at radius 3 is 2.65 bits per heavy atom. The molecule has 0 spiro atoms. The average Bonchev–Trinajstić information content (AvgIpc) is 2.93. The van der Waals surface area contributed by atoms with Crippen molar-refractivity contribution >= 4 is 11.5 Å².